The maximum Gasteiger partial charge on any atom is 0.147 e. The summed E-state index contributed by atoms with van der Waals surface area (Å²) in [5.74, 6) is 0. The van der Waals surface area contributed by atoms with Crippen LogP contribution < -0.4 is 0 Å². The second kappa shape index (κ2) is 11.2. The number of fused-ring (bicyclic) bond motifs is 11. The molecule has 54 heavy (non-hydrogen) atoms. The Labute approximate surface area is 310 Å². The molecular formula is C52H30O2. The van der Waals surface area contributed by atoms with Gasteiger partial charge < -0.3 is 8.83 Å². The Morgan fingerprint density at radius 3 is 1.31 bits per heavy atom. The number of hydrogen-bond donors (Lipinski definition) is 0. The fraction of sp³-hybridized carbons (Fsp3) is 0. The van der Waals surface area contributed by atoms with Crippen LogP contribution in [0.15, 0.2) is 191 Å². The predicted octanol–water partition coefficient (Wildman–Crippen LogP) is 15.1. The summed E-state index contributed by atoms with van der Waals surface area (Å²) in [6.45, 7) is 0. The molecule has 12 rings (SSSR count). The monoisotopic (exact) mass is 686 g/mol. The molecule has 10 aromatic carbocycles. The zero-order chi connectivity index (χ0) is 35.3. The standard InChI is InChI=1S/C52H30O2/c1-2-12-32-28-36(25-21-31(32)11-1)48-38-13-3-5-15-40(38)49(41-16-6-4-14-39(41)48)37-26-23-33-27-35(24-22-34(33)29-37)44-30-47-51(43-18-8-9-19-45(43)53-47)52-50(44)42-17-7-10-20-46(42)54-52/h1-30H. The zero-order valence-electron chi connectivity index (χ0n) is 29.1. The number of hydrogen-bond acceptors (Lipinski definition) is 2. The lowest BCUT2D eigenvalue weighted by Crippen LogP contribution is -1.91. The highest BCUT2D eigenvalue weighted by molar-refractivity contribution is 6.26. The number of furan rings is 2. The lowest BCUT2D eigenvalue weighted by molar-refractivity contribution is 0.663. The summed E-state index contributed by atoms with van der Waals surface area (Å²) in [5, 5.41) is 14.2. The molecule has 0 unspecified atom stereocenters. The van der Waals surface area contributed by atoms with Crippen molar-refractivity contribution in [2.45, 2.75) is 0 Å². The average molecular weight is 687 g/mol. The SMILES string of the molecule is c1ccc2cc(-c3c4ccccc4c(-c4ccc5cc(-c6cc7oc8ccccc8c7c7oc8ccccc8c67)ccc5c4)c4ccccc34)ccc2c1. The molecule has 0 aliphatic rings. The minimum Gasteiger partial charge on any atom is -0.456 e. The second-order valence-corrected chi connectivity index (χ2v) is 14.4. The number of benzene rings is 10. The van der Waals surface area contributed by atoms with E-state index >= 15 is 0 Å². The van der Waals surface area contributed by atoms with Gasteiger partial charge in [0.15, 0.2) is 0 Å². The first-order valence-corrected chi connectivity index (χ1v) is 18.5. The van der Waals surface area contributed by atoms with Gasteiger partial charge in [0.1, 0.15) is 22.3 Å². The zero-order valence-corrected chi connectivity index (χ0v) is 29.1. The maximum absolute atomic E-state index is 6.61. The molecule has 0 saturated carbocycles. The number of para-hydroxylation sites is 2. The van der Waals surface area contributed by atoms with Gasteiger partial charge >= 0.3 is 0 Å². The smallest absolute Gasteiger partial charge is 0.147 e. The van der Waals surface area contributed by atoms with Gasteiger partial charge in [-0.3, -0.25) is 0 Å². The highest BCUT2D eigenvalue weighted by Crippen LogP contribution is 2.47. The summed E-state index contributed by atoms with van der Waals surface area (Å²) in [6.07, 6.45) is 0. The molecule has 0 atom stereocenters. The van der Waals surface area contributed by atoms with Gasteiger partial charge in [-0.05, 0) is 113 Å². The molecule has 2 aromatic heterocycles. The Balaban J connectivity index is 1.06. The van der Waals surface area contributed by atoms with Crippen LogP contribution in [0.3, 0.4) is 0 Å². The summed E-state index contributed by atoms with van der Waals surface area (Å²) in [7, 11) is 0. The van der Waals surface area contributed by atoms with Crippen LogP contribution in [0.25, 0.3) is 120 Å². The second-order valence-electron chi connectivity index (χ2n) is 14.4. The van der Waals surface area contributed by atoms with E-state index in [4.69, 9.17) is 8.83 Å². The van der Waals surface area contributed by atoms with Crippen LogP contribution in [-0.2, 0) is 0 Å². The van der Waals surface area contributed by atoms with Crippen LogP contribution >= 0.6 is 0 Å². The molecule has 0 aliphatic heterocycles. The van der Waals surface area contributed by atoms with Gasteiger partial charge in [0.05, 0.1) is 5.39 Å². The maximum atomic E-state index is 6.61. The fourth-order valence-corrected chi connectivity index (χ4v) is 8.98. The van der Waals surface area contributed by atoms with Crippen molar-refractivity contribution < 1.29 is 8.83 Å². The third-order valence-electron chi connectivity index (χ3n) is 11.4. The lowest BCUT2D eigenvalue weighted by Gasteiger charge is -2.18. The van der Waals surface area contributed by atoms with Crippen molar-refractivity contribution in [1.29, 1.82) is 0 Å². The average Bonchev–Trinajstić information content (AvgIpc) is 3.80. The predicted molar refractivity (Wildman–Crippen MR) is 227 cm³/mol. The summed E-state index contributed by atoms with van der Waals surface area (Å²) in [4.78, 5) is 0. The molecule has 0 radical (unpaired) electrons. The minimum absolute atomic E-state index is 0.832. The van der Waals surface area contributed by atoms with Crippen molar-refractivity contribution in [2.75, 3.05) is 0 Å². The van der Waals surface area contributed by atoms with E-state index in [9.17, 15) is 0 Å². The van der Waals surface area contributed by atoms with Crippen LogP contribution in [0.1, 0.15) is 0 Å². The normalized spacial score (nSPS) is 12.1. The summed E-state index contributed by atoms with van der Waals surface area (Å²) in [6, 6.07) is 65.7. The first kappa shape index (κ1) is 29.4. The highest BCUT2D eigenvalue weighted by atomic mass is 16.3. The Kier molecular flexibility index (Phi) is 6.09. The van der Waals surface area contributed by atoms with E-state index in [2.05, 4.69) is 164 Å². The van der Waals surface area contributed by atoms with E-state index in [0.29, 0.717) is 0 Å². The topological polar surface area (TPSA) is 26.3 Å². The molecule has 2 nitrogen and oxygen atoms in total. The quantitative estimate of drug-likeness (QED) is 0.173. The van der Waals surface area contributed by atoms with Crippen LogP contribution in [0.4, 0.5) is 0 Å². The largest absolute Gasteiger partial charge is 0.456 e. The third kappa shape index (κ3) is 4.22. The van der Waals surface area contributed by atoms with E-state index in [-0.39, 0.29) is 0 Å². The van der Waals surface area contributed by atoms with E-state index in [1.165, 1.54) is 65.3 Å². The Morgan fingerprint density at radius 1 is 0.278 bits per heavy atom. The molecule has 0 N–H and O–H groups in total. The van der Waals surface area contributed by atoms with Crippen LogP contribution in [0.5, 0.6) is 0 Å². The van der Waals surface area contributed by atoms with Crippen molar-refractivity contribution in [3.8, 4) is 33.4 Å². The van der Waals surface area contributed by atoms with Gasteiger partial charge in [-0.15, -0.1) is 0 Å². The van der Waals surface area contributed by atoms with Gasteiger partial charge in [0.2, 0.25) is 0 Å². The molecule has 0 amide bonds. The van der Waals surface area contributed by atoms with Crippen LogP contribution in [-0.4, -0.2) is 0 Å². The summed E-state index contributed by atoms with van der Waals surface area (Å²) in [5.41, 5.74) is 10.7. The molecule has 0 aliphatic carbocycles. The van der Waals surface area contributed by atoms with Crippen molar-refractivity contribution in [1.82, 2.24) is 0 Å². The van der Waals surface area contributed by atoms with Crippen molar-refractivity contribution >= 4 is 87.0 Å². The van der Waals surface area contributed by atoms with Crippen LogP contribution in [0.2, 0.25) is 0 Å². The van der Waals surface area contributed by atoms with Gasteiger partial charge in [0.25, 0.3) is 0 Å². The Bertz CT molecular complexity index is 3450. The van der Waals surface area contributed by atoms with E-state index in [1.54, 1.807) is 0 Å². The van der Waals surface area contributed by atoms with Crippen LogP contribution in [0, 0.1) is 0 Å². The minimum atomic E-state index is 0.832. The fourth-order valence-electron chi connectivity index (χ4n) is 8.98. The van der Waals surface area contributed by atoms with Gasteiger partial charge in [-0.1, -0.05) is 146 Å². The highest BCUT2D eigenvalue weighted by Gasteiger charge is 2.21. The van der Waals surface area contributed by atoms with E-state index < -0.39 is 0 Å². The Hall–Kier alpha value is -7.16. The van der Waals surface area contributed by atoms with Crippen molar-refractivity contribution in [3.63, 3.8) is 0 Å². The third-order valence-corrected chi connectivity index (χ3v) is 11.4. The summed E-state index contributed by atoms with van der Waals surface area (Å²) < 4.78 is 13.0. The molecule has 2 heteroatoms. The molecule has 250 valence electrons. The molecular weight excluding hydrogens is 657 g/mol. The first-order chi connectivity index (χ1) is 26.8. The molecule has 12 aromatic rings. The molecule has 2 heterocycles. The van der Waals surface area contributed by atoms with Gasteiger partial charge in [0, 0.05) is 16.2 Å². The molecule has 0 spiro atoms. The molecule has 0 saturated heterocycles. The van der Waals surface area contributed by atoms with Crippen molar-refractivity contribution in [2.24, 2.45) is 0 Å². The van der Waals surface area contributed by atoms with E-state index in [1.807, 2.05) is 18.2 Å². The van der Waals surface area contributed by atoms with Gasteiger partial charge in [-0.2, -0.15) is 0 Å². The Morgan fingerprint density at radius 2 is 0.704 bits per heavy atom. The lowest BCUT2D eigenvalue weighted by atomic mass is 9.85. The van der Waals surface area contributed by atoms with Crippen molar-refractivity contribution in [3.05, 3.63) is 182 Å². The molecule has 0 bridgehead atoms. The van der Waals surface area contributed by atoms with E-state index in [0.717, 1.165) is 55.0 Å². The first-order valence-electron chi connectivity index (χ1n) is 18.5. The van der Waals surface area contributed by atoms with Gasteiger partial charge in [-0.25, -0.2) is 0 Å². The summed E-state index contributed by atoms with van der Waals surface area (Å²) >= 11 is 0. The molecule has 0 fully saturated rings. The number of rotatable bonds is 3.